The van der Waals surface area contributed by atoms with Gasteiger partial charge >= 0.3 is 5.69 Å². The van der Waals surface area contributed by atoms with Gasteiger partial charge in [-0.2, -0.15) is 4.98 Å². The molecule has 22 heavy (non-hydrogen) atoms. The largest absolute Gasteiger partial charge is 0.340 e. The van der Waals surface area contributed by atoms with Gasteiger partial charge in [0.1, 0.15) is 0 Å². The summed E-state index contributed by atoms with van der Waals surface area (Å²) in [7, 11) is 1.67. The molecule has 0 unspecified atom stereocenters. The van der Waals surface area contributed by atoms with E-state index in [1.165, 1.54) is 9.13 Å². The zero-order valence-corrected chi connectivity index (χ0v) is 13.3. The van der Waals surface area contributed by atoms with Crippen LogP contribution in [0, 0.1) is 0 Å². The summed E-state index contributed by atoms with van der Waals surface area (Å²) in [5.74, 6) is 0.778. The lowest BCUT2D eigenvalue weighted by molar-refractivity contribution is 0.569. The maximum absolute atomic E-state index is 12.7. The number of nitrogens with zero attached hydrogens (tertiary/aromatic N) is 5. The van der Waals surface area contributed by atoms with Crippen molar-refractivity contribution < 1.29 is 0 Å². The maximum Gasteiger partial charge on any atom is 0.332 e. The Bertz CT molecular complexity index is 809. The van der Waals surface area contributed by atoms with Crippen molar-refractivity contribution >= 4 is 17.1 Å². The van der Waals surface area contributed by atoms with Crippen LogP contribution >= 0.6 is 0 Å². The van der Waals surface area contributed by atoms with E-state index in [4.69, 9.17) is 0 Å². The monoisotopic (exact) mass is 306 g/mol. The van der Waals surface area contributed by atoms with E-state index in [1.54, 1.807) is 14.0 Å². The predicted molar refractivity (Wildman–Crippen MR) is 85.7 cm³/mol. The molecule has 2 aromatic rings. The normalized spacial score (nSPS) is 15.7. The second-order valence-corrected chi connectivity index (χ2v) is 5.46. The summed E-state index contributed by atoms with van der Waals surface area (Å²) in [4.78, 5) is 31.7. The van der Waals surface area contributed by atoms with E-state index in [1.807, 2.05) is 11.5 Å². The number of fused-ring (bicyclic) bond motifs is 1. The third-order valence-corrected chi connectivity index (χ3v) is 4.24. The average Bonchev–Trinajstić information content (AvgIpc) is 2.94. The van der Waals surface area contributed by atoms with Gasteiger partial charge in [0.15, 0.2) is 11.2 Å². The minimum atomic E-state index is -0.312. The van der Waals surface area contributed by atoms with Crippen molar-refractivity contribution in [1.29, 1.82) is 0 Å². The lowest BCUT2D eigenvalue weighted by atomic mass is 10.4. The molecule has 1 aliphatic heterocycles. The topological polar surface area (TPSA) is 77.1 Å². The molecule has 1 aliphatic rings. The molecule has 8 nitrogen and oxygen atoms in total. The van der Waals surface area contributed by atoms with E-state index in [0.29, 0.717) is 24.3 Å². The molecule has 0 saturated carbocycles. The lowest BCUT2D eigenvalue weighted by Crippen LogP contribution is -2.44. The molecule has 1 fully saturated rings. The highest BCUT2D eigenvalue weighted by Crippen LogP contribution is 2.19. The van der Waals surface area contributed by atoms with Crippen LogP contribution in [0.2, 0.25) is 0 Å². The number of piperazine rings is 1. The van der Waals surface area contributed by atoms with Gasteiger partial charge in [0.25, 0.3) is 5.56 Å². The molecule has 3 heterocycles. The standard InChI is InChI=1S/C14H22N6O2/c1-4-19-10-11(16-13(19)18-8-6-15-7-9-18)17(3)14(22)20(5-2)12(10)21/h15H,4-9H2,1-3H3. The third kappa shape index (κ3) is 2.06. The second kappa shape index (κ2) is 5.60. The molecule has 0 aromatic carbocycles. The number of aryl methyl sites for hydroxylation is 2. The summed E-state index contributed by atoms with van der Waals surface area (Å²) in [6, 6.07) is 0. The SMILES string of the molecule is CCn1c(=O)c2c(nc(N3CCNCC3)n2CC)n(C)c1=O. The molecule has 0 radical (unpaired) electrons. The number of imidazole rings is 1. The first kappa shape index (κ1) is 14.8. The summed E-state index contributed by atoms with van der Waals surface area (Å²) in [5.41, 5.74) is 0.416. The van der Waals surface area contributed by atoms with Gasteiger partial charge in [0.2, 0.25) is 5.95 Å². The van der Waals surface area contributed by atoms with Crippen molar-refractivity contribution in [2.45, 2.75) is 26.9 Å². The fourth-order valence-corrected chi connectivity index (χ4v) is 3.04. The van der Waals surface area contributed by atoms with Gasteiger partial charge in [0.05, 0.1) is 0 Å². The fourth-order valence-electron chi connectivity index (χ4n) is 3.04. The molecule has 0 aliphatic carbocycles. The Labute approximate surface area is 128 Å². The van der Waals surface area contributed by atoms with Crippen LogP contribution in [0.15, 0.2) is 9.59 Å². The van der Waals surface area contributed by atoms with Crippen LogP contribution < -0.4 is 21.5 Å². The van der Waals surface area contributed by atoms with E-state index in [9.17, 15) is 9.59 Å². The molecule has 120 valence electrons. The minimum absolute atomic E-state index is 0.253. The molecule has 0 amide bonds. The Morgan fingerprint density at radius 3 is 2.32 bits per heavy atom. The summed E-state index contributed by atoms with van der Waals surface area (Å²) in [5, 5.41) is 3.31. The fraction of sp³-hybridized carbons (Fsp3) is 0.643. The summed E-state index contributed by atoms with van der Waals surface area (Å²) in [6.45, 7) is 8.28. The van der Waals surface area contributed by atoms with E-state index in [0.717, 1.165) is 32.1 Å². The first-order valence-corrected chi connectivity index (χ1v) is 7.75. The van der Waals surface area contributed by atoms with E-state index >= 15 is 0 Å². The highest BCUT2D eigenvalue weighted by Gasteiger charge is 2.23. The van der Waals surface area contributed by atoms with Crippen LogP contribution in [0.5, 0.6) is 0 Å². The number of anilines is 1. The second-order valence-electron chi connectivity index (χ2n) is 5.46. The molecule has 0 atom stereocenters. The van der Waals surface area contributed by atoms with Gasteiger partial charge in [-0.3, -0.25) is 13.9 Å². The summed E-state index contributed by atoms with van der Waals surface area (Å²) in [6.07, 6.45) is 0. The summed E-state index contributed by atoms with van der Waals surface area (Å²) >= 11 is 0. The van der Waals surface area contributed by atoms with Crippen molar-refractivity contribution in [3.05, 3.63) is 20.8 Å². The van der Waals surface area contributed by atoms with Gasteiger partial charge in [-0.05, 0) is 13.8 Å². The third-order valence-electron chi connectivity index (χ3n) is 4.24. The highest BCUT2D eigenvalue weighted by atomic mass is 16.2. The molecule has 0 spiro atoms. The van der Waals surface area contributed by atoms with Gasteiger partial charge in [-0.1, -0.05) is 0 Å². The van der Waals surface area contributed by atoms with Crippen molar-refractivity contribution in [3.63, 3.8) is 0 Å². The first-order valence-electron chi connectivity index (χ1n) is 7.75. The number of hydrogen-bond donors (Lipinski definition) is 1. The Balaban J connectivity index is 2.32. The highest BCUT2D eigenvalue weighted by molar-refractivity contribution is 5.74. The molecule has 3 rings (SSSR count). The number of nitrogens with one attached hydrogen (secondary N) is 1. The Kier molecular flexibility index (Phi) is 3.78. The van der Waals surface area contributed by atoms with Gasteiger partial charge in [-0.15, -0.1) is 0 Å². The van der Waals surface area contributed by atoms with Crippen molar-refractivity contribution in [3.8, 4) is 0 Å². The quantitative estimate of drug-likeness (QED) is 0.815. The molecule has 1 N–H and O–H groups in total. The van der Waals surface area contributed by atoms with Crippen LogP contribution in [0.1, 0.15) is 13.8 Å². The van der Waals surface area contributed by atoms with Crippen LogP contribution in [0.3, 0.4) is 0 Å². The Hall–Kier alpha value is -2.09. The Morgan fingerprint density at radius 1 is 1.09 bits per heavy atom. The van der Waals surface area contributed by atoms with E-state index < -0.39 is 0 Å². The van der Waals surface area contributed by atoms with Gasteiger partial charge in [-0.25, -0.2) is 4.79 Å². The lowest BCUT2D eigenvalue weighted by Gasteiger charge is -2.28. The summed E-state index contributed by atoms with van der Waals surface area (Å²) < 4.78 is 4.66. The number of aromatic nitrogens is 4. The van der Waals surface area contributed by atoms with Crippen molar-refractivity contribution in [2.75, 3.05) is 31.1 Å². The molecular weight excluding hydrogens is 284 g/mol. The van der Waals surface area contributed by atoms with Crippen LogP contribution in [-0.2, 0) is 20.1 Å². The number of hydrogen-bond acceptors (Lipinski definition) is 5. The maximum atomic E-state index is 12.7. The first-order chi connectivity index (χ1) is 10.6. The smallest absolute Gasteiger partial charge is 0.332 e. The number of rotatable bonds is 3. The van der Waals surface area contributed by atoms with Crippen molar-refractivity contribution in [2.24, 2.45) is 7.05 Å². The van der Waals surface area contributed by atoms with Crippen LogP contribution in [0.4, 0.5) is 5.95 Å². The minimum Gasteiger partial charge on any atom is -0.340 e. The van der Waals surface area contributed by atoms with Crippen molar-refractivity contribution in [1.82, 2.24) is 24.0 Å². The molecule has 8 heteroatoms. The van der Waals surface area contributed by atoms with Gasteiger partial charge < -0.3 is 14.8 Å². The van der Waals surface area contributed by atoms with Gasteiger partial charge in [0, 0.05) is 46.3 Å². The predicted octanol–water partition coefficient (Wildman–Crippen LogP) is -0.654. The molecule has 2 aromatic heterocycles. The average molecular weight is 306 g/mol. The van der Waals surface area contributed by atoms with E-state index in [-0.39, 0.29) is 11.2 Å². The van der Waals surface area contributed by atoms with Crippen LogP contribution in [-0.4, -0.2) is 44.9 Å². The van der Waals surface area contributed by atoms with E-state index in [2.05, 4.69) is 15.2 Å². The van der Waals surface area contributed by atoms with Crippen LogP contribution in [0.25, 0.3) is 11.2 Å². The molecule has 1 saturated heterocycles. The molecule has 0 bridgehead atoms. The zero-order valence-electron chi connectivity index (χ0n) is 13.3. The zero-order chi connectivity index (χ0) is 15.9. The Morgan fingerprint density at radius 2 is 1.73 bits per heavy atom. The molecular formula is C14H22N6O2.